The van der Waals surface area contributed by atoms with Gasteiger partial charge in [0.2, 0.25) is 11.8 Å². The van der Waals surface area contributed by atoms with Gasteiger partial charge >= 0.3 is 0 Å². The minimum atomic E-state index is -0.241. The monoisotopic (exact) mass is 289 g/mol. The van der Waals surface area contributed by atoms with Crippen molar-refractivity contribution in [1.29, 1.82) is 0 Å². The van der Waals surface area contributed by atoms with Crippen LogP contribution in [0.2, 0.25) is 0 Å². The van der Waals surface area contributed by atoms with Crippen molar-refractivity contribution in [3.8, 4) is 0 Å². The Balaban J connectivity index is 2.04. The largest absolute Gasteiger partial charge is 0.347 e. The molecule has 1 aliphatic heterocycles. The predicted octanol–water partition coefficient (Wildman–Crippen LogP) is 0.638. The zero-order valence-electron chi connectivity index (χ0n) is 12.9. The molecule has 2 rings (SSSR count). The van der Waals surface area contributed by atoms with Gasteiger partial charge in [0.15, 0.2) is 0 Å². The summed E-state index contributed by atoms with van der Waals surface area (Å²) in [7, 11) is 3.41. The van der Waals surface area contributed by atoms with Crippen molar-refractivity contribution in [1.82, 2.24) is 15.1 Å². The molecule has 5 heteroatoms. The minimum absolute atomic E-state index is 0.00204. The highest BCUT2D eigenvalue weighted by atomic mass is 16.2. The van der Waals surface area contributed by atoms with Gasteiger partial charge in [-0.15, -0.1) is 0 Å². The van der Waals surface area contributed by atoms with Crippen LogP contribution in [0.15, 0.2) is 24.3 Å². The first-order chi connectivity index (χ1) is 10.0. The molecule has 5 nitrogen and oxygen atoms in total. The molecule has 0 unspecified atom stereocenters. The first-order valence-corrected chi connectivity index (χ1v) is 7.32. The number of hydrogen-bond donors (Lipinski definition) is 1. The van der Waals surface area contributed by atoms with Crippen molar-refractivity contribution < 1.29 is 9.59 Å². The zero-order chi connectivity index (χ0) is 15.4. The highest BCUT2D eigenvalue weighted by Gasteiger charge is 2.28. The number of amides is 2. The maximum Gasteiger partial charge on any atom is 0.241 e. The molecule has 0 fully saturated rings. The molecule has 1 aliphatic rings. The van der Waals surface area contributed by atoms with Crippen LogP contribution in [0.5, 0.6) is 0 Å². The molecule has 1 N–H and O–H groups in total. The zero-order valence-corrected chi connectivity index (χ0v) is 12.9. The van der Waals surface area contributed by atoms with Crippen LogP contribution in [0.1, 0.15) is 18.1 Å². The summed E-state index contributed by atoms with van der Waals surface area (Å²) in [6.07, 6.45) is 0.682. The number of benzene rings is 1. The molecule has 1 atom stereocenters. The van der Waals surface area contributed by atoms with Gasteiger partial charge in [-0.25, -0.2) is 0 Å². The van der Waals surface area contributed by atoms with E-state index in [1.807, 2.05) is 19.1 Å². The molecular weight excluding hydrogens is 266 g/mol. The van der Waals surface area contributed by atoms with E-state index in [1.54, 1.807) is 19.0 Å². The van der Waals surface area contributed by atoms with E-state index in [0.717, 1.165) is 0 Å². The molecule has 2 amide bonds. The van der Waals surface area contributed by atoms with Gasteiger partial charge in [-0.2, -0.15) is 0 Å². The SMILES string of the molecule is CCN(CC(=O)N(C)C)C(=O)[C@H]1Cc2ccccc2CN1. The number of likely N-dealkylation sites (N-methyl/N-ethyl adjacent to an activating group) is 2. The molecule has 0 radical (unpaired) electrons. The van der Waals surface area contributed by atoms with E-state index < -0.39 is 0 Å². The fourth-order valence-electron chi connectivity index (χ4n) is 2.50. The summed E-state index contributed by atoms with van der Waals surface area (Å²) in [5, 5.41) is 3.28. The number of nitrogens with one attached hydrogen (secondary N) is 1. The Morgan fingerprint density at radius 1 is 1.24 bits per heavy atom. The fraction of sp³-hybridized carbons (Fsp3) is 0.500. The average Bonchev–Trinajstić information content (AvgIpc) is 2.51. The van der Waals surface area contributed by atoms with E-state index in [4.69, 9.17) is 0 Å². The highest BCUT2D eigenvalue weighted by molar-refractivity contribution is 5.87. The van der Waals surface area contributed by atoms with E-state index in [9.17, 15) is 9.59 Å². The van der Waals surface area contributed by atoms with Crippen LogP contribution in [0, 0.1) is 0 Å². The molecule has 1 aromatic carbocycles. The third-order valence-corrected chi connectivity index (χ3v) is 3.90. The van der Waals surface area contributed by atoms with Crippen LogP contribution in [-0.2, 0) is 22.6 Å². The summed E-state index contributed by atoms with van der Waals surface area (Å²) >= 11 is 0. The molecule has 1 aromatic rings. The van der Waals surface area contributed by atoms with Crippen LogP contribution in [0.3, 0.4) is 0 Å². The molecule has 0 saturated carbocycles. The van der Waals surface area contributed by atoms with Crippen LogP contribution in [0.4, 0.5) is 0 Å². The van der Waals surface area contributed by atoms with Gasteiger partial charge in [0.1, 0.15) is 0 Å². The average molecular weight is 289 g/mol. The lowest BCUT2D eigenvalue weighted by molar-refractivity contribution is -0.140. The van der Waals surface area contributed by atoms with Crippen molar-refractivity contribution in [2.75, 3.05) is 27.2 Å². The molecule has 21 heavy (non-hydrogen) atoms. The summed E-state index contributed by atoms with van der Waals surface area (Å²) in [6, 6.07) is 7.92. The maximum absolute atomic E-state index is 12.6. The normalized spacial score (nSPS) is 17.0. The van der Waals surface area contributed by atoms with E-state index in [2.05, 4.69) is 17.4 Å². The standard InChI is InChI=1S/C16H23N3O2/c1-4-19(11-15(20)18(2)3)16(21)14-9-12-7-5-6-8-13(12)10-17-14/h5-8,14,17H,4,9-11H2,1-3H3/t14-/m1/s1. The second kappa shape index (κ2) is 6.72. The van der Waals surface area contributed by atoms with Gasteiger partial charge < -0.3 is 15.1 Å². The second-order valence-corrected chi connectivity index (χ2v) is 5.55. The number of fused-ring (bicyclic) bond motifs is 1. The van der Waals surface area contributed by atoms with Gasteiger partial charge in [0.25, 0.3) is 0 Å². The lowest BCUT2D eigenvalue weighted by Crippen LogP contribution is -2.51. The topological polar surface area (TPSA) is 52.7 Å². The lowest BCUT2D eigenvalue weighted by Gasteiger charge is -2.30. The van der Waals surface area contributed by atoms with Gasteiger partial charge in [-0.1, -0.05) is 24.3 Å². The number of rotatable bonds is 4. The molecule has 114 valence electrons. The molecular formula is C16H23N3O2. The molecule has 0 bridgehead atoms. The Bertz CT molecular complexity index is 528. The van der Waals surface area contributed by atoms with Gasteiger partial charge in [0, 0.05) is 27.2 Å². The van der Waals surface area contributed by atoms with Crippen LogP contribution < -0.4 is 5.32 Å². The van der Waals surface area contributed by atoms with Gasteiger partial charge in [-0.05, 0) is 24.5 Å². The van der Waals surface area contributed by atoms with Crippen molar-refractivity contribution in [2.45, 2.75) is 25.9 Å². The number of nitrogens with zero attached hydrogens (tertiary/aromatic N) is 2. The van der Waals surface area contributed by atoms with E-state index in [1.165, 1.54) is 16.0 Å². The van der Waals surface area contributed by atoms with Gasteiger partial charge in [-0.3, -0.25) is 9.59 Å². The molecule has 0 spiro atoms. The lowest BCUT2D eigenvalue weighted by atomic mass is 9.95. The predicted molar refractivity (Wildman–Crippen MR) is 81.7 cm³/mol. The van der Waals surface area contributed by atoms with Crippen LogP contribution >= 0.6 is 0 Å². The van der Waals surface area contributed by atoms with Crippen molar-refractivity contribution in [3.63, 3.8) is 0 Å². The Morgan fingerprint density at radius 2 is 1.90 bits per heavy atom. The summed E-state index contributed by atoms with van der Waals surface area (Å²) in [6.45, 7) is 3.28. The van der Waals surface area contributed by atoms with Crippen LogP contribution in [0.25, 0.3) is 0 Å². The fourth-order valence-corrected chi connectivity index (χ4v) is 2.50. The van der Waals surface area contributed by atoms with E-state index >= 15 is 0 Å². The first-order valence-electron chi connectivity index (χ1n) is 7.32. The third-order valence-electron chi connectivity index (χ3n) is 3.90. The van der Waals surface area contributed by atoms with Gasteiger partial charge in [0.05, 0.1) is 12.6 Å². The Kier molecular flexibility index (Phi) is 4.96. The Labute approximate surface area is 125 Å². The molecule has 0 aliphatic carbocycles. The highest BCUT2D eigenvalue weighted by Crippen LogP contribution is 2.17. The van der Waals surface area contributed by atoms with Crippen LogP contribution in [-0.4, -0.2) is 54.8 Å². The molecule has 0 aromatic heterocycles. The summed E-state index contributed by atoms with van der Waals surface area (Å²) < 4.78 is 0. The number of carbonyl (C=O) groups is 2. The smallest absolute Gasteiger partial charge is 0.241 e. The van der Waals surface area contributed by atoms with Crippen molar-refractivity contribution >= 4 is 11.8 Å². The quantitative estimate of drug-likeness (QED) is 0.885. The number of carbonyl (C=O) groups excluding carboxylic acids is 2. The van der Waals surface area contributed by atoms with E-state index in [0.29, 0.717) is 19.5 Å². The summed E-state index contributed by atoms with van der Waals surface area (Å²) in [4.78, 5) is 27.5. The second-order valence-electron chi connectivity index (χ2n) is 5.55. The van der Waals surface area contributed by atoms with Crippen molar-refractivity contribution in [2.24, 2.45) is 0 Å². The number of hydrogen-bond acceptors (Lipinski definition) is 3. The minimum Gasteiger partial charge on any atom is -0.347 e. The maximum atomic E-state index is 12.6. The summed E-state index contributed by atoms with van der Waals surface area (Å²) in [5.41, 5.74) is 2.46. The van der Waals surface area contributed by atoms with E-state index in [-0.39, 0.29) is 24.4 Å². The summed E-state index contributed by atoms with van der Waals surface area (Å²) in [5.74, 6) is -0.0522. The molecule has 0 saturated heterocycles. The Morgan fingerprint density at radius 3 is 2.52 bits per heavy atom. The van der Waals surface area contributed by atoms with Crippen molar-refractivity contribution in [3.05, 3.63) is 35.4 Å². The Hall–Kier alpha value is -1.88. The first kappa shape index (κ1) is 15.5. The molecule has 1 heterocycles. The third kappa shape index (κ3) is 3.61.